The zero-order valence-corrected chi connectivity index (χ0v) is 14.5. The van der Waals surface area contributed by atoms with Crippen molar-refractivity contribution >= 4 is 15.9 Å². The van der Waals surface area contributed by atoms with Crippen LogP contribution in [0.3, 0.4) is 0 Å². The minimum Gasteiger partial charge on any atom is -0.353 e. The topological polar surface area (TPSA) is 27.7 Å². The molecule has 4 heteroatoms. The van der Waals surface area contributed by atoms with Crippen molar-refractivity contribution in [2.75, 3.05) is 6.61 Å². The summed E-state index contributed by atoms with van der Waals surface area (Å²) in [6.45, 7) is 7.26. The molecule has 0 spiro atoms. The Bertz CT molecular complexity index is 488. The summed E-state index contributed by atoms with van der Waals surface area (Å²) in [5.41, 5.74) is 5.21. The van der Waals surface area contributed by atoms with Crippen LogP contribution in [-0.4, -0.2) is 24.0 Å². The molecule has 0 saturated carbocycles. The molecular weight excluding hydrogens is 332 g/mol. The van der Waals surface area contributed by atoms with E-state index < -0.39 is 0 Å². The molecule has 1 aromatic carbocycles. The number of rotatable bonds is 3. The Morgan fingerprint density at radius 2 is 1.90 bits per heavy atom. The van der Waals surface area contributed by atoms with Gasteiger partial charge in [-0.25, -0.2) is 0 Å². The van der Waals surface area contributed by atoms with Crippen molar-refractivity contribution in [3.05, 3.63) is 34.4 Å². The number of ether oxygens (including phenoxy) is 3. The molecule has 0 aliphatic carbocycles. The Hall–Kier alpha value is -0.420. The van der Waals surface area contributed by atoms with Gasteiger partial charge < -0.3 is 14.2 Å². The third kappa shape index (κ3) is 3.34. The van der Waals surface area contributed by atoms with Gasteiger partial charge in [-0.15, -0.1) is 0 Å². The van der Waals surface area contributed by atoms with Crippen LogP contribution >= 0.6 is 15.9 Å². The van der Waals surface area contributed by atoms with Crippen molar-refractivity contribution in [3.8, 4) is 0 Å². The Morgan fingerprint density at radius 3 is 2.52 bits per heavy atom. The predicted octanol–water partition coefficient (Wildman–Crippen LogP) is 4.32. The van der Waals surface area contributed by atoms with Gasteiger partial charge in [0.1, 0.15) is 0 Å². The van der Waals surface area contributed by atoms with Gasteiger partial charge in [0.05, 0.1) is 10.9 Å². The molecule has 0 bridgehead atoms. The Labute approximate surface area is 135 Å². The molecule has 3 rings (SSSR count). The van der Waals surface area contributed by atoms with Crippen LogP contribution in [0.2, 0.25) is 0 Å². The highest BCUT2D eigenvalue weighted by Gasteiger charge is 2.38. The molecule has 116 valence electrons. The summed E-state index contributed by atoms with van der Waals surface area (Å²) in [4.78, 5) is 0.215. The quantitative estimate of drug-likeness (QED) is 0.756. The van der Waals surface area contributed by atoms with E-state index in [0.29, 0.717) is 0 Å². The molecule has 2 heterocycles. The van der Waals surface area contributed by atoms with E-state index in [1.165, 1.54) is 22.3 Å². The summed E-state index contributed by atoms with van der Waals surface area (Å²) >= 11 is 3.71. The predicted molar refractivity (Wildman–Crippen MR) is 85.7 cm³/mol. The molecule has 2 aliphatic heterocycles. The first-order chi connectivity index (χ1) is 10.0. The Morgan fingerprint density at radius 1 is 1.19 bits per heavy atom. The Kier molecular flexibility index (Phi) is 4.69. The van der Waals surface area contributed by atoms with Crippen molar-refractivity contribution in [1.82, 2.24) is 0 Å². The molecule has 2 aliphatic rings. The van der Waals surface area contributed by atoms with Crippen molar-refractivity contribution in [2.24, 2.45) is 0 Å². The van der Waals surface area contributed by atoms with E-state index in [1.54, 1.807) is 0 Å². The van der Waals surface area contributed by atoms with E-state index in [1.807, 2.05) is 0 Å². The van der Waals surface area contributed by atoms with Crippen molar-refractivity contribution < 1.29 is 14.2 Å². The lowest BCUT2D eigenvalue weighted by Crippen LogP contribution is -2.26. The Balaban J connectivity index is 1.73. The van der Waals surface area contributed by atoms with E-state index in [4.69, 9.17) is 14.2 Å². The van der Waals surface area contributed by atoms with E-state index in [0.717, 1.165) is 25.9 Å². The SMILES string of the molecule is Cc1cc(C)c([C@H]2C[C@H](Br)[C@@H](OC3CCCO3)O2)c(C)c1. The standard InChI is InChI=1S/C17H23BrO3/c1-10-7-11(2)16(12(3)8-10)14-9-13(18)17(20-14)21-15-5-4-6-19-15/h7-8,13-15,17H,4-6,9H2,1-3H3/t13-,14+,15?,17+/m0/s1. The number of hydrogen-bond donors (Lipinski definition) is 0. The molecule has 2 saturated heterocycles. The largest absolute Gasteiger partial charge is 0.353 e. The van der Waals surface area contributed by atoms with Gasteiger partial charge >= 0.3 is 0 Å². The second-order valence-electron chi connectivity index (χ2n) is 6.14. The first kappa shape index (κ1) is 15.5. The molecule has 1 aromatic rings. The maximum atomic E-state index is 6.17. The summed E-state index contributed by atoms with van der Waals surface area (Å²) in [5.74, 6) is 0. The molecular formula is C17H23BrO3. The summed E-state index contributed by atoms with van der Waals surface area (Å²) in [6, 6.07) is 4.45. The first-order valence-electron chi connectivity index (χ1n) is 7.69. The summed E-state index contributed by atoms with van der Waals surface area (Å²) < 4.78 is 17.7. The zero-order chi connectivity index (χ0) is 15.0. The van der Waals surface area contributed by atoms with Crippen molar-refractivity contribution in [3.63, 3.8) is 0 Å². The van der Waals surface area contributed by atoms with E-state index in [-0.39, 0.29) is 23.5 Å². The smallest absolute Gasteiger partial charge is 0.174 e. The van der Waals surface area contributed by atoms with Gasteiger partial charge in [-0.1, -0.05) is 33.6 Å². The fourth-order valence-electron chi connectivity index (χ4n) is 3.43. The van der Waals surface area contributed by atoms with Crippen molar-refractivity contribution in [1.29, 1.82) is 0 Å². The highest BCUT2D eigenvalue weighted by molar-refractivity contribution is 9.09. The van der Waals surface area contributed by atoms with Crippen LogP contribution in [0.1, 0.15) is 47.6 Å². The number of halogens is 1. The molecule has 0 radical (unpaired) electrons. The average molecular weight is 355 g/mol. The fraction of sp³-hybridized carbons (Fsp3) is 0.647. The maximum Gasteiger partial charge on any atom is 0.174 e. The van der Waals surface area contributed by atoms with Crippen LogP contribution < -0.4 is 0 Å². The minimum atomic E-state index is -0.224. The first-order valence-corrected chi connectivity index (χ1v) is 8.60. The van der Waals surface area contributed by atoms with Crippen LogP contribution in [0.5, 0.6) is 0 Å². The van der Waals surface area contributed by atoms with Gasteiger partial charge in [0, 0.05) is 13.0 Å². The maximum absolute atomic E-state index is 6.17. The lowest BCUT2D eigenvalue weighted by Gasteiger charge is -2.21. The second-order valence-corrected chi connectivity index (χ2v) is 7.31. The molecule has 2 fully saturated rings. The normalized spacial score (nSPS) is 32.8. The molecule has 0 aromatic heterocycles. The van der Waals surface area contributed by atoms with Gasteiger partial charge in [-0.3, -0.25) is 0 Å². The summed E-state index contributed by atoms with van der Waals surface area (Å²) in [6.07, 6.45) is 2.74. The van der Waals surface area contributed by atoms with E-state index in [2.05, 4.69) is 48.8 Å². The van der Waals surface area contributed by atoms with E-state index in [9.17, 15) is 0 Å². The average Bonchev–Trinajstić information content (AvgIpc) is 3.00. The van der Waals surface area contributed by atoms with Crippen LogP contribution in [0.15, 0.2) is 12.1 Å². The van der Waals surface area contributed by atoms with Gasteiger partial charge in [0.2, 0.25) is 0 Å². The van der Waals surface area contributed by atoms with Crippen molar-refractivity contribution in [2.45, 2.75) is 63.5 Å². The third-order valence-corrected chi connectivity index (χ3v) is 5.07. The lowest BCUT2D eigenvalue weighted by atomic mass is 9.94. The molecule has 4 atom stereocenters. The summed E-state index contributed by atoms with van der Waals surface area (Å²) in [5, 5.41) is 0. The summed E-state index contributed by atoms with van der Waals surface area (Å²) in [7, 11) is 0. The fourth-order valence-corrected chi connectivity index (χ4v) is 4.01. The van der Waals surface area contributed by atoms with E-state index >= 15 is 0 Å². The van der Waals surface area contributed by atoms with Gasteiger partial charge in [-0.2, -0.15) is 0 Å². The van der Waals surface area contributed by atoms with Crippen LogP contribution in [0, 0.1) is 20.8 Å². The number of benzene rings is 1. The zero-order valence-electron chi connectivity index (χ0n) is 12.9. The molecule has 0 amide bonds. The monoisotopic (exact) mass is 354 g/mol. The molecule has 0 N–H and O–H groups in total. The van der Waals surface area contributed by atoms with Crippen LogP contribution in [-0.2, 0) is 14.2 Å². The number of aryl methyl sites for hydroxylation is 3. The minimum absolute atomic E-state index is 0.0985. The number of alkyl halides is 1. The van der Waals surface area contributed by atoms with Gasteiger partial charge in [-0.05, 0) is 50.3 Å². The highest BCUT2D eigenvalue weighted by Crippen LogP contribution is 2.40. The van der Waals surface area contributed by atoms with Gasteiger partial charge in [0.15, 0.2) is 12.6 Å². The van der Waals surface area contributed by atoms with Crippen LogP contribution in [0.4, 0.5) is 0 Å². The van der Waals surface area contributed by atoms with Crippen LogP contribution in [0.25, 0.3) is 0 Å². The van der Waals surface area contributed by atoms with Gasteiger partial charge in [0.25, 0.3) is 0 Å². The molecule has 3 nitrogen and oxygen atoms in total. The lowest BCUT2D eigenvalue weighted by molar-refractivity contribution is -0.222. The molecule has 1 unspecified atom stereocenters. The third-order valence-electron chi connectivity index (χ3n) is 4.27. The molecule has 21 heavy (non-hydrogen) atoms. The number of hydrogen-bond acceptors (Lipinski definition) is 3. The second kappa shape index (κ2) is 6.37. The highest BCUT2D eigenvalue weighted by atomic mass is 79.9.